The molecule has 0 aliphatic carbocycles. The van der Waals surface area contributed by atoms with Crippen LogP contribution < -0.4 is 5.32 Å². The van der Waals surface area contributed by atoms with Crippen molar-refractivity contribution in [3.05, 3.63) is 24.0 Å². The molecule has 0 unspecified atom stereocenters. The number of carbonyl (C=O) groups excluding carboxylic acids is 1. The molecule has 0 saturated carbocycles. The first-order chi connectivity index (χ1) is 9.87. The van der Waals surface area contributed by atoms with E-state index in [0.29, 0.717) is 18.7 Å². The van der Waals surface area contributed by atoms with Crippen LogP contribution in [0.25, 0.3) is 0 Å². The van der Waals surface area contributed by atoms with Crippen LogP contribution in [0, 0.1) is 0 Å². The fraction of sp³-hybridized carbons (Fsp3) is 0.417. The van der Waals surface area contributed by atoms with Gasteiger partial charge in [-0.15, -0.1) is 0 Å². The molecule has 1 aliphatic rings. The van der Waals surface area contributed by atoms with E-state index in [-0.39, 0.29) is 23.7 Å². The molecule has 1 aromatic rings. The van der Waals surface area contributed by atoms with E-state index < -0.39 is 21.8 Å². The smallest absolute Gasteiger partial charge is 0.354 e. The van der Waals surface area contributed by atoms with E-state index in [4.69, 9.17) is 5.11 Å². The third-order valence-electron chi connectivity index (χ3n) is 3.08. The monoisotopic (exact) mass is 313 g/mol. The van der Waals surface area contributed by atoms with Crippen molar-refractivity contribution in [1.82, 2.24) is 9.88 Å². The van der Waals surface area contributed by atoms with Crippen LogP contribution in [0.5, 0.6) is 0 Å². The number of pyridine rings is 1. The Balaban J connectivity index is 1.99. The number of carbonyl (C=O) groups is 2. The van der Waals surface area contributed by atoms with Crippen LogP contribution in [-0.4, -0.2) is 60.0 Å². The van der Waals surface area contributed by atoms with Crippen molar-refractivity contribution >= 4 is 27.5 Å². The van der Waals surface area contributed by atoms with Gasteiger partial charge < -0.3 is 15.3 Å². The fourth-order valence-electron chi connectivity index (χ4n) is 1.94. The van der Waals surface area contributed by atoms with Crippen molar-refractivity contribution in [1.29, 1.82) is 0 Å². The molecule has 1 aliphatic heterocycles. The Morgan fingerprint density at radius 1 is 1.24 bits per heavy atom. The molecule has 21 heavy (non-hydrogen) atoms. The summed E-state index contributed by atoms with van der Waals surface area (Å²) in [4.78, 5) is 27.8. The predicted octanol–water partition coefficient (Wildman–Crippen LogP) is 0.432. The topological polar surface area (TPSA) is 117 Å². The second-order valence-electron chi connectivity index (χ2n) is 4.66. The number of nitrogens with one attached hydrogen (secondary N) is 1. The zero-order valence-electron chi connectivity index (χ0n) is 11.2. The molecule has 0 atom stereocenters. The fourth-order valence-corrected chi connectivity index (χ4v) is 3.21. The van der Waals surface area contributed by atoms with Gasteiger partial charge in [0.15, 0.2) is 9.84 Å². The third kappa shape index (κ3) is 4.15. The minimum absolute atomic E-state index is 0.0450. The molecule has 1 saturated heterocycles. The molecule has 0 spiro atoms. The largest absolute Gasteiger partial charge is 0.477 e. The number of hydrogen-bond acceptors (Lipinski definition) is 5. The first kappa shape index (κ1) is 15.2. The zero-order chi connectivity index (χ0) is 15.5. The number of hydrogen-bond donors (Lipinski definition) is 2. The van der Waals surface area contributed by atoms with Crippen molar-refractivity contribution < 1.29 is 23.1 Å². The highest BCUT2D eigenvalue weighted by Crippen LogP contribution is 2.10. The van der Waals surface area contributed by atoms with E-state index in [9.17, 15) is 18.0 Å². The number of carboxylic acids is 1. The first-order valence-corrected chi connectivity index (χ1v) is 8.15. The average molecular weight is 313 g/mol. The van der Waals surface area contributed by atoms with Crippen LogP contribution in [0.4, 0.5) is 10.5 Å². The molecular formula is C12H15N3O5S. The summed E-state index contributed by atoms with van der Waals surface area (Å²) in [5.41, 5.74) is 0.242. The standard InChI is InChI=1S/C12H15N3O5S/c16-11(17)10-3-2-9(8-13-10)14-12(18)15-4-1-6-21(19,20)7-5-15/h2-3,8H,1,4-7H2,(H,14,18)(H,16,17). The summed E-state index contributed by atoms with van der Waals surface area (Å²) >= 11 is 0. The van der Waals surface area contributed by atoms with Gasteiger partial charge in [-0.2, -0.15) is 0 Å². The number of aromatic nitrogens is 1. The SMILES string of the molecule is O=C(O)c1ccc(NC(=O)N2CCCS(=O)(=O)CC2)cn1. The summed E-state index contributed by atoms with van der Waals surface area (Å²) in [6.07, 6.45) is 1.65. The minimum Gasteiger partial charge on any atom is -0.477 e. The van der Waals surface area contributed by atoms with E-state index in [1.54, 1.807) is 0 Å². The molecule has 0 aromatic carbocycles. The minimum atomic E-state index is -3.07. The summed E-state index contributed by atoms with van der Waals surface area (Å²) < 4.78 is 22.9. The first-order valence-electron chi connectivity index (χ1n) is 6.33. The number of sulfone groups is 1. The maximum atomic E-state index is 12.0. The quantitative estimate of drug-likeness (QED) is 0.818. The van der Waals surface area contributed by atoms with E-state index >= 15 is 0 Å². The maximum Gasteiger partial charge on any atom is 0.354 e. The van der Waals surface area contributed by atoms with Crippen molar-refractivity contribution in [2.75, 3.05) is 29.9 Å². The zero-order valence-corrected chi connectivity index (χ0v) is 12.0. The molecule has 1 aromatic heterocycles. The van der Waals surface area contributed by atoms with Gasteiger partial charge in [0.25, 0.3) is 0 Å². The van der Waals surface area contributed by atoms with Gasteiger partial charge in [-0.25, -0.2) is 23.0 Å². The lowest BCUT2D eigenvalue weighted by Gasteiger charge is -2.20. The van der Waals surface area contributed by atoms with Crippen LogP contribution in [0.1, 0.15) is 16.9 Å². The molecule has 0 bridgehead atoms. The number of anilines is 1. The van der Waals surface area contributed by atoms with Crippen molar-refractivity contribution in [2.45, 2.75) is 6.42 Å². The van der Waals surface area contributed by atoms with E-state index in [0.717, 1.165) is 0 Å². The lowest BCUT2D eigenvalue weighted by Crippen LogP contribution is -2.37. The summed E-state index contributed by atoms with van der Waals surface area (Å²) in [5, 5.41) is 11.3. The maximum absolute atomic E-state index is 12.0. The second kappa shape index (κ2) is 6.08. The summed E-state index contributed by atoms with van der Waals surface area (Å²) in [6.45, 7) is 0.514. The summed E-state index contributed by atoms with van der Waals surface area (Å²) in [7, 11) is -3.07. The van der Waals surface area contributed by atoms with Crippen molar-refractivity contribution in [3.8, 4) is 0 Å². The second-order valence-corrected chi connectivity index (χ2v) is 6.96. The number of aromatic carboxylic acids is 1. The Kier molecular flexibility index (Phi) is 4.41. The lowest BCUT2D eigenvalue weighted by atomic mass is 10.3. The van der Waals surface area contributed by atoms with Crippen LogP contribution in [0.15, 0.2) is 18.3 Å². The van der Waals surface area contributed by atoms with Crippen LogP contribution in [0.3, 0.4) is 0 Å². The van der Waals surface area contributed by atoms with Crippen LogP contribution in [-0.2, 0) is 9.84 Å². The highest BCUT2D eigenvalue weighted by atomic mass is 32.2. The van der Waals surface area contributed by atoms with E-state index in [1.807, 2.05) is 0 Å². The number of rotatable bonds is 2. The normalized spacial score (nSPS) is 17.8. The van der Waals surface area contributed by atoms with Crippen molar-refractivity contribution in [3.63, 3.8) is 0 Å². The van der Waals surface area contributed by atoms with Gasteiger partial charge in [-0.3, -0.25) is 0 Å². The van der Waals surface area contributed by atoms with E-state index in [1.165, 1.54) is 23.2 Å². The van der Waals surface area contributed by atoms with Gasteiger partial charge in [-0.05, 0) is 18.6 Å². The van der Waals surface area contributed by atoms with Crippen molar-refractivity contribution in [2.24, 2.45) is 0 Å². The average Bonchev–Trinajstić information content (AvgIpc) is 2.60. The van der Waals surface area contributed by atoms with Gasteiger partial charge in [0.2, 0.25) is 0 Å². The molecule has 9 heteroatoms. The summed E-state index contributed by atoms with van der Waals surface area (Å²) in [5.74, 6) is -1.10. The molecule has 2 amide bonds. The Hall–Kier alpha value is -2.16. The molecular weight excluding hydrogens is 298 g/mol. The molecule has 114 valence electrons. The Morgan fingerprint density at radius 2 is 2.00 bits per heavy atom. The Morgan fingerprint density at radius 3 is 2.62 bits per heavy atom. The van der Waals surface area contributed by atoms with Gasteiger partial charge in [0.1, 0.15) is 5.69 Å². The highest BCUT2D eigenvalue weighted by molar-refractivity contribution is 7.91. The third-order valence-corrected chi connectivity index (χ3v) is 4.79. The highest BCUT2D eigenvalue weighted by Gasteiger charge is 2.22. The number of nitrogens with zero attached hydrogens (tertiary/aromatic N) is 2. The molecule has 0 radical (unpaired) electrons. The lowest BCUT2D eigenvalue weighted by molar-refractivity contribution is 0.0690. The Bertz CT molecular complexity index is 641. The summed E-state index contributed by atoms with van der Waals surface area (Å²) in [6, 6.07) is 2.30. The van der Waals surface area contributed by atoms with Gasteiger partial charge >= 0.3 is 12.0 Å². The Labute approximate surface area is 121 Å². The number of amides is 2. The number of urea groups is 1. The molecule has 1 fully saturated rings. The molecule has 8 nitrogen and oxygen atoms in total. The van der Waals surface area contributed by atoms with Crippen LogP contribution in [0.2, 0.25) is 0 Å². The van der Waals surface area contributed by atoms with Gasteiger partial charge in [0, 0.05) is 13.1 Å². The number of carboxylic acid groups (broad SMARTS) is 1. The van der Waals surface area contributed by atoms with E-state index in [2.05, 4.69) is 10.3 Å². The molecule has 2 rings (SSSR count). The van der Waals surface area contributed by atoms with Gasteiger partial charge in [0.05, 0.1) is 23.4 Å². The van der Waals surface area contributed by atoms with Crippen LogP contribution >= 0.6 is 0 Å². The van der Waals surface area contributed by atoms with Gasteiger partial charge in [-0.1, -0.05) is 0 Å². The predicted molar refractivity (Wildman–Crippen MR) is 75.1 cm³/mol. The molecule has 2 heterocycles. The molecule has 2 N–H and O–H groups in total.